The molecule has 1 atom stereocenters. The van der Waals surface area contributed by atoms with E-state index in [-0.39, 0.29) is 24.4 Å². The standard InChI is InChI=1S/C12H17N3O2S/c1-3-8-5-13-11(18-8)7-15-6-10(16)14-9(4-2)12(15)17/h5,9H,3-4,6-7H2,1-2H3,(H,14,16). The van der Waals surface area contributed by atoms with E-state index in [1.807, 2.05) is 13.1 Å². The topological polar surface area (TPSA) is 62.3 Å². The molecule has 0 aliphatic carbocycles. The Hall–Kier alpha value is -1.43. The zero-order chi connectivity index (χ0) is 13.1. The van der Waals surface area contributed by atoms with Gasteiger partial charge in [0.25, 0.3) is 0 Å². The highest BCUT2D eigenvalue weighted by atomic mass is 32.1. The summed E-state index contributed by atoms with van der Waals surface area (Å²) in [6.07, 6.45) is 3.41. The van der Waals surface area contributed by atoms with Crippen LogP contribution in [0.25, 0.3) is 0 Å². The molecule has 1 aliphatic rings. The fourth-order valence-corrected chi connectivity index (χ4v) is 2.81. The molecule has 18 heavy (non-hydrogen) atoms. The van der Waals surface area contributed by atoms with Gasteiger partial charge in [0.2, 0.25) is 11.8 Å². The molecule has 1 unspecified atom stereocenters. The number of hydrogen-bond acceptors (Lipinski definition) is 4. The Kier molecular flexibility index (Phi) is 3.96. The number of aryl methyl sites for hydroxylation is 1. The quantitative estimate of drug-likeness (QED) is 0.883. The van der Waals surface area contributed by atoms with Gasteiger partial charge in [-0.3, -0.25) is 9.59 Å². The van der Waals surface area contributed by atoms with Crippen molar-refractivity contribution in [2.24, 2.45) is 0 Å². The molecule has 5 nitrogen and oxygen atoms in total. The lowest BCUT2D eigenvalue weighted by atomic mass is 10.1. The Balaban J connectivity index is 2.07. The third-order valence-corrected chi connectivity index (χ3v) is 4.09. The Morgan fingerprint density at radius 1 is 1.50 bits per heavy atom. The summed E-state index contributed by atoms with van der Waals surface area (Å²) in [4.78, 5) is 30.7. The van der Waals surface area contributed by atoms with E-state index in [1.165, 1.54) is 4.88 Å². The average Bonchev–Trinajstić information content (AvgIpc) is 2.81. The van der Waals surface area contributed by atoms with Crippen LogP contribution in [0.2, 0.25) is 0 Å². The van der Waals surface area contributed by atoms with Crippen LogP contribution >= 0.6 is 11.3 Å². The molecule has 0 radical (unpaired) electrons. The zero-order valence-corrected chi connectivity index (χ0v) is 11.4. The van der Waals surface area contributed by atoms with Crippen molar-refractivity contribution in [2.45, 2.75) is 39.3 Å². The van der Waals surface area contributed by atoms with Crippen LogP contribution in [-0.2, 0) is 22.6 Å². The van der Waals surface area contributed by atoms with E-state index in [0.29, 0.717) is 13.0 Å². The van der Waals surface area contributed by atoms with Crippen LogP contribution in [0.15, 0.2) is 6.20 Å². The molecule has 0 aromatic carbocycles. The number of aromatic nitrogens is 1. The van der Waals surface area contributed by atoms with Crippen LogP contribution in [0.5, 0.6) is 0 Å². The molecule has 2 amide bonds. The first-order chi connectivity index (χ1) is 8.63. The van der Waals surface area contributed by atoms with Crippen molar-refractivity contribution in [2.75, 3.05) is 6.54 Å². The van der Waals surface area contributed by atoms with Gasteiger partial charge in [-0.15, -0.1) is 11.3 Å². The Labute approximate surface area is 110 Å². The number of piperazine rings is 1. The molecule has 1 fully saturated rings. The van der Waals surface area contributed by atoms with Crippen LogP contribution in [0.4, 0.5) is 0 Å². The zero-order valence-electron chi connectivity index (χ0n) is 10.6. The lowest BCUT2D eigenvalue weighted by Gasteiger charge is -2.31. The summed E-state index contributed by atoms with van der Waals surface area (Å²) in [6.45, 7) is 4.54. The number of carbonyl (C=O) groups excluding carboxylic acids is 2. The van der Waals surface area contributed by atoms with Crippen molar-refractivity contribution in [1.82, 2.24) is 15.2 Å². The van der Waals surface area contributed by atoms with Crippen molar-refractivity contribution >= 4 is 23.2 Å². The second-order valence-electron chi connectivity index (χ2n) is 4.30. The Bertz CT molecular complexity index is 458. The van der Waals surface area contributed by atoms with E-state index in [9.17, 15) is 9.59 Å². The van der Waals surface area contributed by atoms with E-state index < -0.39 is 0 Å². The number of thiazole rings is 1. The largest absolute Gasteiger partial charge is 0.343 e. The summed E-state index contributed by atoms with van der Waals surface area (Å²) >= 11 is 1.60. The van der Waals surface area contributed by atoms with Crippen molar-refractivity contribution in [1.29, 1.82) is 0 Å². The molecule has 0 saturated carbocycles. The maximum Gasteiger partial charge on any atom is 0.245 e. The maximum atomic E-state index is 12.1. The van der Waals surface area contributed by atoms with Gasteiger partial charge in [-0.25, -0.2) is 4.98 Å². The molecule has 1 N–H and O–H groups in total. The Morgan fingerprint density at radius 3 is 2.89 bits per heavy atom. The lowest BCUT2D eigenvalue weighted by Crippen LogP contribution is -2.57. The van der Waals surface area contributed by atoms with Gasteiger partial charge in [0.1, 0.15) is 17.6 Å². The minimum Gasteiger partial charge on any atom is -0.343 e. The van der Waals surface area contributed by atoms with Crippen molar-refractivity contribution in [3.63, 3.8) is 0 Å². The van der Waals surface area contributed by atoms with Gasteiger partial charge in [-0.1, -0.05) is 13.8 Å². The molecule has 1 saturated heterocycles. The summed E-state index contributed by atoms with van der Waals surface area (Å²) in [6, 6.07) is -0.378. The number of carbonyl (C=O) groups is 2. The third-order valence-electron chi connectivity index (χ3n) is 2.96. The van der Waals surface area contributed by atoms with Gasteiger partial charge >= 0.3 is 0 Å². The fourth-order valence-electron chi connectivity index (χ4n) is 1.93. The third kappa shape index (κ3) is 2.69. The molecule has 0 spiro atoms. The second-order valence-corrected chi connectivity index (χ2v) is 5.50. The van der Waals surface area contributed by atoms with E-state index >= 15 is 0 Å². The molecular weight excluding hydrogens is 250 g/mol. The predicted molar refractivity (Wildman–Crippen MR) is 69.1 cm³/mol. The van der Waals surface area contributed by atoms with Gasteiger partial charge in [0.15, 0.2) is 0 Å². The summed E-state index contributed by atoms with van der Waals surface area (Å²) in [5, 5.41) is 3.59. The van der Waals surface area contributed by atoms with Crippen LogP contribution in [0, 0.1) is 0 Å². The van der Waals surface area contributed by atoms with Crippen molar-refractivity contribution < 1.29 is 9.59 Å². The molecular formula is C12H17N3O2S. The monoisotopic (exact) mass is 267 g/mol. The van der Waals surface area contributed by atoms with Gasteiger partial charge < -0.3 is 10.2 Å². The number of amides is 2. The first-order valence-corrected chi connectivity index (χ1v) is 6.97. The minimum atomic E-state index is -0.378. The molecule has 6 heteroatoms. The van der Waals surface area contributed by atoms with E-state index in [4.69, 9.17) is 0 Å². The van der Waals surface area contributed by atoms with E-state index in [0.717, 1.165) is 11.4 Å². The Morgan fingerprint density at radius 2 is 2.28 bits per heavy atom. The predicted octanol–water partition coefficient (Wildman–Crippen LogP) is 0.942. The highest BCUT2D eigenvalue weighted by molar-refractivity contribution is 7.11. The molecule has 98 valence electrons. The number of rotatable bonds is 4. The molecule has 1 aromatic rings. The number of nitrogens with zero attached hydrogens (tertiary/aromatic N) is 2. The van der Waals surface area contributed by atoms with Gasteiger partial charge in [-0.05, 0) is 12.8 Å². The second kappa shape index (κ2) is 5.48. The van der Waals surface area contributed by atoms with E-state index in [2.05, 4.69) is 17.2 Å². The van der Waals surface area contributed by atoms with Crippen LogP contribution in [0.3, 0.4) is 0 Å². The summed E-state index contributed by atoms with van der Waals surface area (Å²) in [7, 11) is 0. The number of nitrogens with one attached hydrogen (secondary N) is 1. The fraction of sp³-hybridized carbons (Fsp3) is 0.583. The minimum absolute atomic E-state index is 0.00894. The SMILES string of the molecule is CCc1cnc(CN2CC(=O)NC(CC)C2=O)s1. The first-order valence-electron chi connectivity index (χ1n) is 6.15. The van der Waals surface area contributed by atoms with E-state index in [1.54, 1.807) is 16.2 Å². The highest BCUT2D eigenvalue weighted by Gasteiger charge is 2.31. The van der Waals surface area contributed by atoms with Gasteiger partial charge in [0, 0.05) is 11.1 Å². The first kappa shape index (κ1) is 13.0. The summed E-state index contributed by atoms with van der Waals surface area (Å²) in [5.74, 6) is -0.0981. The summed E-state index contributed by atoms with van der Waals surface area (Å²) < 4.78 is 0. The average molecular weight is 267 g/mol. The molecule has 2 rings (SSSR count). The van der Waals surface area contributed by atoms with Crippen molar-refractivity contribution in [3.05, 3.63) is 16.1 Å². The van der Waals surface area contributed by atoms with Crippen molar-refractivity contribution in [3.8, 4) is 0 Å². The molecule has 1 aliphatic heterocycles. The molecule has 2 heterocycles. The lowest BCUT2D eigenvalue weighted by molar-refractivity contribution is -0.144. The summed E-state index contributed by atoms with van der Waals surface area (Å²) in [5.41, 5.74) is 0. The van der Waals surface area contributed by atoms with Crippen LogP contribution in [-0.4, -0.2) is 34.3 Å². The molecule has 0 bridgehead atoms. The van der Waals surface area contributed by atoms with Gasteiger partial charge in [-0.2, -0.15) is 0 Å². The van der Waals surface area contributed by atoms with Gasteiger partial charge in [0.05, 0.1) is 6.54 Å². The normalized spacial score (nSPS) is 20.1. The van der Waals surface area contributed by atoms with Crippen LogP contribution in [0.1, 0.15) is 30.2 Å². The number of hydrogen-bond donors (Lipinski definition) is 1. The van der Waals surface area contributed by atoms with Crippen LogP contribution < -0.4 is 5.32 Å². The maximum absolute atomic E-state index is 12.1. The highest BCUT2D eigenvalue weighted by Crippen LogP contribution is 2.17. The smallest absolute Gasteiger partial charge is 0.245 e. The molecule has 1 aromatic heterocycles.